The lowest BCUT2D eigenvalue weighted by molar-refractivity contribution is 0.0936. The first-order valence-electron chi connectivity index (χ1n) is 10.2. The summed E-state index contributed by atoms with van der Waals surface area (Å²) in [5, 5.41) is 3.69. The smallest absolute Gasteiger partial charge is 0.251 e. The third-order valence-electron chi connectivity index (χ3n) is 5.65. The van der Waals surface area contributed by atoms with Crippen molar-refractivity contribution < 1.29 is 17.9 Å². The molecule has 33 heavy (non-hydrogen) atoms. The van der Waals surface area contributed by atoms with E-state index in [0.717, 1.165) is 5.56 Å². The number of ether oxygens (including phenoxy) is 1. The minimum atomic E-state index is -3.77. The molecule has 0 radical (unpaired) electrons. The Morgan fingerprint density at radius 1 is 0.970 bits per heavy atom. The molecule has 1 amide bonds. The third-order valence-corrected chi connectivity index (χ3v) is 7.93. The van der Waals surface area contributed by atoms with E-state index >= 15 is 0 Å². The van der Waals surface area contributed by atoms with Crippen molar-refractivity contribution in [2.24, 2.45) is 0 Å². The van der Waals surface area contributed by atoms with Crippen molar-refractivity contribution in [1.29, 1.82) is 0 Å². The van der Waals surface area contributed by atoms with Crippen molar-refractivity contribution in [2.75, 3.05) is 20.2 Å². The average Bonchev–Trinajstić information content (AvgIpc) is 3.23. The number of methoxy groups -OCH3 is 1. The van der Waals surface area contributed by atoms with Gasteiger partial charge < -0.3 is 10.1 Å². The van der Waals surface area contributed by atoms with Crippen LogP contribution in [0.2, 0.25) is 10.0 Å². The Morgan fingerprint density at radius 2 is 1.61 bits per heavy atom. The molecule has 0 saturated carbocycles. The molecule has 0 unspecified atom stereocenters. The van der Waals surface area contributed by atoms with E-state index < -0.39 is 16.1 Å². The standard InChI is InChI=1S/C24H22Cl2N2O4S/c1-32-20-7-9-21(10-8-20)33(30,31)28-14-22(16-5-3-2-4-6-16)23(15-28)27-24(29)17-11-18(25)13-19(26)12-17/h2-13,22-23H,14-15H2,1H3,(H,27,29)/t22-,23+/m0/s1. The highest BCUT2D eigenvalue weighted by atomic mass is 35.5. The lowest BCUT2D eigenvalue weighted by Crippen LogP contribution is -2.40. The second kappa shape index (κ2) is 9.73. The maximum atomic E-state index is 13.3. The summed E-state index contributed by atoms with van der Waals surface area (Å²) in [6.07, 6.45) is 0. The van der Waals surface area contributed by atoms with E-state index in [0.29, 0.717) is 21.4 Å². The van der Waals surface area contributed by atoms with Gasteiger partial charge in [-0.2, -0.15) is 4.31 Å². The minimum Gasteiger partial charge on any atom is -0.497 e. The molecular formula is C24H22Cl2N2O4S. The van der Waals surface area contributed by atoms with Gasteiger partial charge in [-0.25, -0.2) is 8.42 Å². The van der Waals surface area contributed by atoms with Crippen LogP contribution in [0, 0.1) is 0 Å². The summed E-state index contributed by atoms with van der Waals surface area (Å²) in [5.41, 5.74) is 1.26. The molecule has 0 bridgehead atoms. The summed E-state index contributed by atoms with van der Waals surface area (Å²) >= 11 is 12.1. The molecule has 1 fully saturated rings. The molecule has 9 heteroatoms. The minimum absolute atomic E-state index is 0.133. The van der Waals surface area contributed by atoms with Gasteiger partial charge in [-0.3, -0.25) is 4.79 Å². The van der Waals surface area contributed by atoms with E-state index in [9.17, 15) is 13.2 Å². The molecule has 1 aliphatic rings. The molecule has 1 N–H and O–H groups in total. The van der Waals surface area contributed by atoms with E-state index in [1.54, 1.807) is 18.2 Å². The normalized spacial score (nSPS) is 18.8. The first-order chi connectivity index (χ1) is 15.8. The highest BCUT2D eigenvalue weighted by Crippen LogP contribution is 2.32. The highest BCUT2D eigenvalue weighted by molar-refractivity contribution is 7.89. The second-order valence-corrected chi connectivity index (χ2v) is 10.6. The first kappa shape index (κ1) is 23.6. The van der Waals surface area contributed by atoms with Gasteiger partial charge in [0.05, 0.1) is 18.0 Å². The number of carbonyl (C=O) groups excluding carboxylic acids is 1. The third kappa shape index (κ3) is 5.17. The quantitative estimate of drug-likeness (QED) is 0.532. The average molecular weight is 505 g/mol. The zero-order chi connectivity index (χ0) is 23.6. The first-order valence-corrected chi connectivity index (χ1v) is 12.4. The van der Waals surface area contributed by atoms with Gasteiger partial charge in [0.25, 0.3) is 5.91 Å². The fourth-order valence-electron chi connectivity index (χ4n) is 3.98. The number of sulfonamides is 1. The molecule has 0 spiro atoms. The number of benzene rings is 3. The van der Waals surface area contributed by atoms with Gasteiger partial charge in [-0.15, -0.1) is 0 Å². The van der Waals surface area contributed by atoms with Gasteiger partial charge in [0.15, 0.2) is 0 Å². The number of nitrogens with zero attached hydrogens (tertiary/aromatic N) is 1. The van der Waals surface area contributed by atoms with Gasteiger partial charge in [-0.1, -0.05) is 53.5 Å². The van der Waals surface area contributed by atoms with E-state index in [-0.39, 0.29) is 29.8 Å². The molecule has 1 heterocycles. The molecule has 3 aromatic rings. The second-order valence-electron chi connectivity index (χ2n) is 7.75. The van der Waals surface area contributed by atoms with Crippen LogP contribution in [0.4, 0.5) is 0 Å². The van der Waals surface area contributed by atoms with Crippen LogP contribution in [-0.4, -0.2) is 44.9 Å². The van der Waals surface area contributed by atoms with Crippen molar-refractivity contribution in [3.63, 3.8) is 0 Å². The van der Waals surface area contributed by atoms with Crippen LogP contribution < -0.4 is 10.1 Å². The van der Waals surface area contributed by atoms with Gasteiger partial charge in [0, 0.05) is 34.6 Å². The summed E-state index contributed by atoms with van der Waals surface area (Å²) in [5.74, 6) is -0.0188. The van der Waals surface area contributed by atoms with E-state index in [4.69, 9.17) is 27.9 Å². The maximum Gasteiger partial charge on any atom is 0.251 e. The van der Waals surface area contributed by atoms with Crippen LogP contribution in [0.1, 0.15) is 21.8 Å². The number of hydrogen-bond acceptors (Lipinski definition) is 4. The Kier molecular flexibility index (Phi) is 6.95. The largest absolute Gasteiger partial charge is 0.497 e. The molecule has 2 atom stereocenters. The summed E-state index contributed by atoms with van der Waals surface area (Å²) in [6.45, 7) is 0.369. The fraction of sp³-hybridized carbons (Fsp3) is 0.208. The number of carbonyl (C=O) groups is 1. The van der Waals surface area contributed by atoms with Crippen molar-refractivity contribution in [2.45, 2.75) is 16.9 Å². The summed E-state index contributed by atoms with van der Waals surface area (Å²) in [4.78, 5) is 13.1. The fourth-order valence-corrected chi connectivity index (χ4v) is 6.00. The SMILES string of the molecule is COc1ccc(S(=O)(=O)N2C[C@@H](NC(=O)c3cc(Cl)cc(Cl)c3)[C@H](c3ccccc3)C2)cc1. The summed E-state index contributed by atoms with van der Waals surface area (Å²) in [7, 11) is -2.24. The Balaban J connectivity index is 1.62. The van der Waals surface area contributed by atoms with E-state index in [1.165, 1.54) is 35.7 Å². The van der Waals surface area contributed by atoms with Crippen LogP contribution >= 0.6 is 23.2 Å². The number of rotatable bonds is 6. The van der Waals surface area contributed by atoms with E-state index in [2.05, 4.69) is 5.32 Å². The van der Waals surface area contributed by atoms with Gasteiger partial charge in [0.2, 0.25) is 10.0 Å². The van der Waals surface area contributed by atoms with Crippen LogP contribution in [0.25, 0.3) is 0 Å². The Morgan fingerprint density at radius 3 is 2.21 bits per heavy atom. The van der Waals surface area contributed by atoms with Crippen LogP contribution in [0.5, 0.6) is 5.75 Å². The topological polar surface area (TPSA) is 75.7 Å². The van der Waals surface area contributed by atoms with Crippen molar-refractivity contribution in [3.05, 3.63) is 94.0 Å². The molecule has 0 aliphatic carbocycles. The number of amides is 1. The number of hydrogen-bond donors (Lipinski definition) is 1. The van der Waals surface area contributed by atoms with Gasteiger partial charge in [-0.05, 0) is 48.0 Å². The van der Waals surface area contributed by atoms with Crippen molar-refractivity contribution in [1.82, 2.24) is 9.62 Å². The number of halogens is 2. The lowest BCUT2D eigenvalue weighted by atomic mass is 9.94. The van der Waals surface area contributed by atoms with Gasteiger partial charge in [0.1, 0.15) is 5.75 Å². The zero-order valence-corrected chi connectivity index (χ0v) is 20.1. The van der Waals surface area contributed by atoms with Crippen LogP contribution in [0.15, 0.2) is 77.7 Å². The monoisotopic (exact) mass is 504 g/mol. The molecule has 0 aromatic heterocycles. The molecule has 1 saturated heterocycles. The summed E-state index contributed by atoms with van der Waals surface area (Å²) < 4.78 is 33.2. The molecule has 4 rings (SSSR count). The van der Waals surface area contributed by atoms with Crippen LogP contribution in [-0.2, 0) is 10.0 Å². The van der Waals surface area contributed by atoms with Crippen molar-refractivity contribution >= 4 is 39.1 Å². The number of nitrogens with one attached hydrogen (secondary N) is 1. The maximum absolute atomic E-state index is 13.3. The molecule has 6 nitrogen and oxygen atoms in total. The Bertz CT molecular complexity index is 1230. The lowest BCUT2D eigenvalue weighted by Gasteiger charge is -2.20. The molecular weight excluding hydrogens is 483 g/mol. The summed E-state index contributed by atoms with van der Waals surface area (Å²) in [6, 6.07) is 20.0. The zero-order valence-electron chi connectivity index (χ0n) is 17.7. The Hall–Kier alpha value is -2.58. The van der Waals surface area contributed by atoms with Crippen molar-refractivity contribution in [3.8, 4) is 5.75 Å². The van der Waals surface area contributed by atoms with Crippen LogP contribution in [0.3, 0.4) is 0 Å². The van der Waals surface area contributed by atoms with Gasteiger partial charge >= 0.3 is 0 Å². The molecule has 3 aromatic carbocycles. The molecule has 172 valence electrons. The predicted molar refractivity (Wildman–Crippen MR) is 129 cm³/mol. The highest BCUT2D eigenvalue weighted by Gasteiger charge is 2.41. The predicted octanol–water partition coefficient (Wildman–Crippen LogP) is 4.59. The molecule has 1 aliphatic heterocycles. The Labute approximate surface area is 203 Å². The van der Waals surface area contributed by atoms with E-state index in [1.807, 2.05) is 30.3 Å².